The van der Waals surface area contributed by atoms with Crippen molar-refractivity contribution in [1.29, 1.82) is 0 Å². The molecule has 2 aromatic rings. The van der Waals surface area contributed by atoms with E-state index >= 15 is 0 Å². The molecular weight excluding hydrogens is 311 g/mol. The van der Waals surface area contributed by atoms with Crippen LogP contribution in [0.5, 0.6) is 0 Å². The number of pyridine rings is 1. The van der Waals surface area contributed by atoms with E-state index in [1.165, 1.54) is 10.5 Å². The highest BCUT2D eigenvalue weighted by Gasteiger charge is 2.54. The third kappa shape index (κ3) is 3.09. The third-order valence-corrected chi connectivity index (χ3v) is 4.22. The summed E-state index contributed by atoms with van der Waals surface area (Å²) in [5.41, 5.74) is -1.83. The first-order chi connectivity index (χ1) is 10.8. The second kappa shape index (κ2) is 5.61. The van der Waals surface area contributed by atoms with E-state index in [4.69, 9.17) is 0 Å². The number of likely N-dealkylation sites (tertiary alicyclic amines) is 1. The highest BCUT2D eigenvalue weighted by Crippen LogP contribution is 2.38. The van der Waals surface area contributed by atoms with Gasteiger partial charge in [0.15, 0.2) is 5.60 Å². The van der Waals surface area contributed by atoms with Gasteiger partial charge >= 0.3 is 6.18 Å². The largest absolute Gasteiger partial charge is 0.417 e. The molecule has 1 fully saturated rings. The maximum Gasteiger partial charge on any atom is 0.417 e. The summed E-state index contributed by atoms with van der Waals surface area (Å²) < 4.78 is 39.8. The summed E-state index contributed by atoms with van der Waals surface area (Å²) >= 11 is 0. The number of fused-ring (bicyclic) bond motifs is 1. The molecule has 0 aromatic carbocycles. The molecule has 1 aliphatic heterocycles. The van der Waals surface area contributed by atoms with Crippen LogP contribution in [0.4, 0.5) is 13.2 Å². The number of hydrogen-bond acceptors (Lipinski definition) is 4. The van der Waals surface area contributed by atoms with E-state index in [-0.39, 0.29) is 38.0 Å². The minimum absolute atomic E-state index is 0.103. The van der Waals surface area contributed by atoms with Crippen molar-refractivity contribution in [2.75, 3.05) is 13.1 Å². The fraction of sp³-hybridized carbons (Fsp3) is 0.467. The van der Waals surface area contributed by atoms with Crippen molar-refractivity contribution in [3.8, 4) is 0 Å². The molecule has 0 amide bonds. The third-order valence-electron chi connectivity index (χ3n) is 4.22. The van der Waals surface area contributed by atoms with Crippen molar-refractivity contribution >= 4 is 5.65 Å². The Morgan fingerprint density at radius 3 is 2.61 bits per heavy atom. The molecule has 5 nitrogen and oxygen atoms in total. The van der Waals surface area contributed by atoms with Gasteiger partial charge in [-0.2, -0.15) is 13.2 Å². The van der Waals surface area contributed by atoms with Crippen LogP contribution >= 0.6 is 0 Å². The van der Waals surface area contributed by atoms with Crippen LogP contribution in [0.15, 0.2) is 35.3 Å². The van der Waals surface area contributed by atoms with Gasteiger partial charge in [-0.3, -0.25) is 14.1 Å². The number of alkyl halides is 3. The lowest BCUT2D eigenvalue weighted by molar-refractivity contribution is -0.272. The predicted molar refractivity (Wildman–Crippen MR) is 77.0 cm³/mol. The standard InChI is InChI=1S/C15H16F3N3O2/c16-15(17,18)14(23)4-7-20(8-5-14)10-11-9-13(22)21-6-2-1-3-12(21)19-11/h1-3,6,9,23H,4-5,7-8,10H2. The molecule has 1 aliphatic rings. The van der Waals surface area contributed by atoms with Crippen molar-refractivity contribution in [3.63, 3.8) is 0 Å². The van der Waals surface area contributed by atoms with E-state index in [9.17, 15) is 23.1 Å². The Balaban J connectivity index is 1.73. The fourth-order valence-corrected chi connectivity index (χ4v) is 2.78. The van der Waals surface area contributed by atoms with Crippen LogP contribution in [0, 0.1) is 0 Å². The lowest BCUT2D eigenvalue weighted by Gasteiger charge is -2.38. The Bertz CT molecular complexity index is 764. The monoisotopic (exact) mass is 327 g/mol. The Kier molecular flexibility index (Phi) is 3.89. The zero-order chi connectivity index (χ0) is 16.7. The quantitative estimate of drug-likeness (QED) is 0.910. The van der Waals surface area contributed by atoms with Crippen molar-refractivity contribution in [2.24, 2.45) is 0 Å². The van der Waals surface area contributed by atoms with E-state index in [0.717, 1.165) is 0 Å². The summed E-state index contributed by atoms with van der Waals surface area (Å²) in [5.74, 6) is 0. The maximum atomic E-state index is 12.8. The predicted octanol–water partition coefficient (Wildman–Crippen LogP) is 1.58. The second-order valence-corrected chi connectivity index (χ2v) is 5.82. The molecule has 0 spiro atoms. The molecule has 0 unspecified atom stereocenters. The Morgan fingerprint density at radius 2 is 1.96 bits per heavy atom. The van der Waals surface area contributed by atoms with Crippen LogP contribution < -0.4 is 5.56 Å². The average molecular weight is 327 g/mol. The van der Waals surface area contributed by atoms with Gasteiger partial charge in [-0.1, -0.05) is 6.07 Å². The van der Waals surface area contributed by atoms with Gasteiger partial charge in [-0.25, -0.2) is 4.98 Å². The molecule has 1 N–H and O–H groups in total. The summed E-state index contributed by atoms with van der Waals surface area (Å²) in [6, 6.07) is 6.56. The highest BCUT2D eigenvalue weighted by atomic mass is 19.4. The molecule has 8 heteroatoms. The lowest BCUT2D eigenvalue weighted by atomic mass is 9.91. The smallest absolute Gasteiger partial charge is 0.380 e. The van der Waals surface area contributed by atoms with Gasteiger partial charge in [0.2, 0.25) is 0 Å². The molecule has 2 aromatic heterocycles. The summed E-state index contributed by atoms with van der Waals surface area (Å²) in [7, 11) is 0. The molecule has 3 rings (SSSR count). The molecule has 23 heavy (non-hydrogen) atoms. The van der Waals surface area contributed by atoms with Gasteiger partial charge in [0.05, 0.1) is 5.69 Å². The van der Waals surface area contributed by atoms with Crippen LogP contribution in [0.25, 0.3) is 5.65 Å². The van der Waals surface area contributed by atoms with Gasteiger partial charge in [0.1, 0.15) is 5.65 Å². The van der Waals surface area contributed by atoms with Gasteiger partial charge < -0.3 is 5.11 Å². The number of aromatic nitrogens is 2. The lowest BCUT2D eigenvalue weighted by Crippen LogP contribution is -2.53. The summed E-state index contributed by atoms with van der Waals surface area (Å²) in [4.78, 5) is 18.1. The van der Waals surface area contributed by atoms with Crippen molar-refractivity contribution in [1.82, 2.24) is 14.3 Å². The first kappa shape index (κ1) is 15.9. The fourth-order valence-electron chi connectivity index (χ4n) is 2.78. The summed E-state index contributed by atoms with van der Waals surface area (Å²) in [5, 5.41) is 9.66. The van der Waals surface area contributed by atoms with E-state index in [1.807, 2.05) is 0 Å². The molecule has 0 saturated carbocycles. The van der Waals surface area contributed by atoms with Crippen molar-refractivity contribution < 1.29 is 18.3 Å². The summed E-state index contributed by atoms with van der Waals surface area (Å²) in [6.45, 7) is 0.492. The molecular formula is C15H16F3N3O2. The normalized spacial score (nSPS) is 19.1. The second-order valence-electron chi connectivity index (χ2n) is 5.82. The van der Waals surface area contributed by atoms with Gasteiger partial charge in [-0.15, -0.1) is 0 Å². The van der Waals surface area contributed by atoms with Crippen LogP contribution in [0.2, 0.25) is 0 Å². The molecule has 0 aliphatic carbocycles. The minimum atomic E-state index is -4.61. The van der Waals surface area contributed by atoms with E-state index in [2.05, 4.69) is 4.98 Å². The van der Waals surface area contributed by atoms with E-state index in [1.54, 1.807) is 29.3 Å². The number of halogens is 3. The Hall–Kier alpha value is -1.93. The molecule has 124 valence electrons. The van der Waals surface area contributed by atoms with Crippen molar-refractivity contribution in [3.05, 3.63) is 46.5 Å². The molecule has 3 heterocycles. The first-order valence-electron chi connectivity index (χ1n) is 7.27. The zero-order valence-electron chi connectivity index (χ0n) is 12.3. The minimum Gasteiger partial charge on any atom is -0.380 e. The number of nitrogens with zero attached hydrogens (tertiary/aromatic N) is 3. The van der Waals surface area contributed by atoms with Crippen molar-refractivity contribution in [2.45, 2.75) is 31.2 Å². The van der Waals surface area contributed by atoms with Crippen LogP contribution in [-0.2, 0) is 6.54 Å². The molecule has 0 radical (unpaired) electrons. The van der Waals surface area contributed by atoms with Crippen LogP contribution in [0.1, 0.15) is 18.5 Å². The van der Waals surface area contributed by atoms with E-state index in [0.29, 0.717) is 11.3 Å². The first-order valence-corrected chi connectivity index (χ1v) is 7.27. The number of piperidine rings is 1. The summed E-state index contributed by atoms with van der Waals surface area (Å²) in [6.07, 6.45) is -3.75. The average Bonchev–Trinajstić information content (AvgIpc) is 2.49. The van der Waals surface area contributed by atoms with Crippen LogP contribution in [-0.4, -0.2) is 44.3 Å². The molecule has 0 bridgehead atoms. The molecule has 1 saturated heterocycles. The highest BCUT2D eigenvalue weighted by molar-refractivity contribution is 5.37. The van der Waals surface area contributed by atoms with Gasteiger partial charge in [-0.05, 0) is 25.0 Å². The Labute approximate surface area is 130 Å². The SMILES string of the molecule is O=c1cc(CN2CCC(O)(C(F)(F)F)CC2)nc2ccccn12. The topological polar surface area (TPSA) is 57.8 Å². The Morgan fingerprint density at radius 1 is 1.26 bits per heavy atom. The van der Waals surface area contributed by atoms with E-state index < -0.39 is 11.8 Å². The zero-order valence-corrected chi connectivity index (χ0v) is 12.3. The van der Waals surface area contributed by atoms with Gasteiger partial charge in [0, 0.05) is 31.9 Å². The maximum absolute atomic E-state index is 12.8. The molecule has 0 atom stereocenters. The number of aliphatic hydroxyl groups is 1. The van der Waals surface area contributed by atoms with Gasteiger partial charge in [0.25, 0.3) is 5.56 Å². The number of rotatable bonds is 2. The number of hydrogen-bond donors (Lipinski definition) is 1. The van der Waals surface area contributed by atoms with Crippen LogP contribution in [0.3, 0.4) is 0 Å².